The van der Waals surface area contributed by atoms with Crippen molar-refractivity contribution in [1.82, 2.24) is 4.31 Å². The molecule has 0 fully saturated rings. The number of amides is 2. The number of benzene rings is 2. The van der Waals surface area contributed by atoms with Crippen LogP contribution in [0.5, 0.6) is 5.75 Å². The minimum atomic E-state index is -3.56. The lowest BCUT2D eigenvalue weighted by molar-refractivity contribution is -0.125. The molecule has 1 aliphatic rings. The highest BCUT2D eigenvalue weighted by molar-refractivity contribution is 7.89. The first-order valence-electron chi connectivity index (χ1n) is 10.6. The average Bonchev–Trinajstić information content (AvgIpc) is 2.76. The molecule has 2 aromatic rings. The minimum Gasteiger partial charge on any atom is -0.479 e. The predicted molar refractivity (Wildman–Crippen MR) is 124 cm³/mol. The van der Waals surface area contributed by atoms with Crippen LogP contribution in [0, 0.1) is 0 Å². The summed E-state index contributed by atoms with van der Waals surface area (Å²) in [4.78, 5) is 27.2. The molecule has 9 heteroatoms. The number of anilines is 2. The van der Waals surface area contributed by atoms with Gasteiger partial charge in [0.2, 0.25) is 10.0 Å². The van der Waals surface area contributed by atoms with Crippen LogP contribution in [-0.4, -0.2) is 51.3 Å². The van der Waals surface area contributed by atoms with Crippen molar-refractivity contribution in [2.75, 3.05) is 30.9 Å². The van der Waals surface area contributed by atoms with Crippen LogP contribution in [0.2, 0.25) is 0 Å². The van der Waals surface area contributed by atoms with E-state index in [2.05, 4.69) is 12.2 Å². The number of ether oxygens (including phenoxy) is 1. The summed E-state index contributed by atoms with van der Waals surface area (Å²) in [6, 6.07) is 10.9. The molecule has 1 aliphatic heterocycles. The summed E-state index contributed by atoms with van der Waals surface area (Å²) in [5, 5.41) is 2.81. The average molecular weight is 460 g/mol. The van der Waals surface area contributed by atoms with E-state index in [4.69, 9.17) is 4.74 Å². The van der Waals surface area contributed by atoms with Gasteiger partial charge in [-0.25, -0.2) is 12.7 Å². The fourth-order valence-corrected chi connectivity index (χ4v) is 4.33. The molecule has 0 aromatic heterocycles. The molecule has 2 amide bonds. The van der Waals surface area contributed by atoms with Crippen molar-refractivity contribution in [2.24, 2.45) is 0 Å². The fourth-order valence-electron chi connectivity index (χ4n) is 3.43. The highest BCUT2D eigenvalue weighted by Gasteiger charge is 2.31. The van der Waals surface area contributed by atoms with E-state index in [1.54, 1.807) is 30.0 Å². The monoisotopic (exact) mass is 459 g/mol. The normalized spacial score (nSPS) is 16.0. The number of sulfonamides is 1. The van der Waals surface area contributed by atoms with Crippen molar-refractivity contribution in [1.29, 1.82) is 0 Å². The summed E-state index contributed by atoms with van der Waals surface area (Å²) in [6.45, 7) is 4.42. The van der Waals surface area contributed by atoms with Gasteiger partial charge in [0.25, 0.3) is 11.8 Å². The third-order valence-electron chi connectivity index (χ3n) is 5.31. The Balaban J connectivity index is 1.80. The quantitative estimate of drug-likeness (QED) is 0.610. The van der Waals surface area contributed by atoms with Gasteiger partial charge >= 0.3 is 0 Å². The molecule has 1 unspecified atom stereocenters. The van der Waals surface area contributed by atoms with Crippen LogP contribution in [0.3, 0.4) is 0 Å². The summed E-state index contributed by atoms with van der Waals surface area (Å²) in [5.41, 5.74) is 1.47. The number of hydrogen-bond donors (Lipinski definition) is 1. The van der Waals surface area contributed by atoms with E-state index in [1.807, 2.05) is 0 Å². The van der Waals surface area contributed by atoms with Crippen LogP contribution < -0.4 is 15.0 Å². The Morgan fingerprint density at radius 3 is 2.44 bits per heavy atom. The van der Waals surface area contributed by atoms with Gasteiger partial charge in [-0.05, 0) is 55.8 Å². The topological polar surface area (TPSA) is 96.0 Å². The molecule has 0 saturated carbocycles. The molecular formula is C23H29N3O5S. The van der Waals surface area contributed by atoms with E-state index in [9.17, 15) is 18.0 Å². The number of rotatable bonds is 8. The molecule has 0 radical (unpaired) electrons. The minimum absolute atomic E-state index is 0.102. The Bertz CT molecular complexity index is 1100. The van der Waals surface area contributed by atoms with Crippen molar-refractivity contribution in [2.45, 2.75) is 44.1 Å². The zero-order valence-corrected chi connectivity index (χ0v) is 19.6. The van der Waals surface area contributed by atoms with Gasteiger partial charge in [0.1, 0.15) is 5.75 Å². The lowest BCUT2D eigenvalue weighted by Crippen LogP contribution is -2.44. The van der Waals surface area contributed by atoms with Crippen molar-refractivity contribution >= 4 is 33.2 Å². The second-order valence-electron chi connectivity index (χ2n) is 7.91. The zero-order chi connectivity index (χ0) is 23.5. The Hall–Kier alpha value is -2.91. The highest BCUT2D eigenvalue weighted by Crippen LogP contribution is 2.36. The van der Waals surface area contributed by atoms with E-state index in [0.717, 1.165) is 23.6 Å². The summed E-state index contributed by atoms with van der Waals surface area (Å²) in [7, 11) is -0.662. The largest absolute Gasteiger partial charge is 0.479 e. The van der Waals surface area contributed by atoms with E-state index in [1.165, 1.54) is 38.4 Å². The van der Waals surface area contributed by atoms with Crippen LogP contribution in [0.15, 0.2) is 47.4 Å². The maximum atomic E-state index is 12.7. The molecular weight excluding hydrogens is 430 g/mol. The smallest absolute Gasteiger partial charge is 0.267 e. The standard InChI is InChI=1S/C23H29N3O5S/c1-5-6-7-14-26-20-15-18(10-13-21(20)31-16(2)23(26)28)24-22(27)17-8-11-19(12-9-17)32(29,30)25(3)4/h8-13,15-16H,5-7,14H2,1-4H3,(H,24,27). The predicted octanol–water partition coefficient (Wildman–Crippen LogP) is 3.49. The SMILES string of the molecule is CCCCCN1C(=O)C(C)Oc2ccc(NC(=O)c3ccc(S(=O)(=O)N(C)C)cc3)cc21. The first-order valence-corrected chi connectivity index (χ1v) is 12.0. The Morgan fingerprint density at radius 1 is 1.12 bits per heavy atom. The van der Waals surface area contributed by atoms with E-state index < -0.39 is 16.1 Å². The molecule has 32 heavy (non-hydrogen) atoms. The second-order valence-corrected chi connectivity index (χ2v) is 10.1. The van der Waals surface area contributed by atoms with E-state index in [0.29, 0.717) is 29.2 Å². The highest BCUT2D eigenvalue weighted by atomic mass is 32.2. The van der Waals surface area contributed by atoms with Gasteiger partial charge in [-0.15, -0.1) is 0 Å². The van der Waals surface area contributed by atoms with Crippen molar-refractivity contribution in [3.63, 3.8) is 0 Å². The van der Waals surface area contributed by atoms with Crippen LogP contribution in [0.25, 0.3) is 0 Å². The molecule has 0 saturated heterocycles. The molecule has 1 atom stereocenters. The number of carbonyl (C=O) groups excluding carboxylic acids is 2. The number of unbranched alkanes of at least 4 members (excludes halogenated alkanes) is 2. The van der Waals surface area contributed by atoms with E-state index in [-0.39, 0.29) is 16.7 Å². The first-order chi connectivity index (χ1) is 15.1. The third kappa shape index (κ3) is 4.94. The second kappa shape index (κ2) is 9.70. The molecule has 1 N–H and O–H groups in total. The van der Waals surface area contributed by atoms with E-state index >= 15 is 0 Å². The Labute approximate surface area is 189 Å². The van der Waals surface area contributed by atoms with Gasteiger partial charge in [0, 0.05) is 31.9 Å². The first kappa shape index (κ1) is 23.7. The van der Waals surface area contributed by atoms with Crippen LogP contribution in [-0.2, 0) is 14.8 Å². The molecule has 0 spiro atoms. The lowest BCUT2D eigenvalue weighted by Gasteiger charge is -2.33. The van der Waals surface area contributed by atoms with Gasteiger partial charge in [-0.2, -0.15) is 0 Å². The number of fused-ring (bicyclic) bond motifs is 1. The molecule has 0 aliphatic carbocycles. The van der Waals surface area contributed by atoms with Crippen LogP contribution in [0.1, 0.15) is 43.5 Å². The molecule has 172 valence electrons. The Morgan fingerprint density at radius 2 is 1.81 bits per heavy atom. The number of carbonyl (C=O) groups is 2. The van der Waals surface area contributed by atoms with Gasteiger partial charge < -0.3 is 15.0 Å². The maximum absolute atomic E-state index is 12.7. The molecule has 8 nitrogen and oxygen atoms in total. The summed E-state index contributed by atoms with van der Waals surface area (Å²) in [6.07, 6.45) is 2.39. The van der Waals surface area contributed by atoms with Crippen molar-refractivity contribution in [3.8, 4) is 5.75 Å². The summed E-state index contributed by atoms with van der Waals surface area (Å²) in [5.74, 6) is 0.118. The molecule has 1 heterocycles. The fraction of sp³-hybridized carbons (Fsp3) is 0.391. The van der Waals surface area contributed by atoms with Gasteiger partial charge in [0.15, 0.2) is 6.10 Å². The van der Waals surface area contributed by atoms with Gasteiger partial charge in [0.05, 0.1) is 10.6 Å². The van der Waals surface area contributed by atoms with Gasteiger partial charge in [-0.3, -0.25) is 9.59 Å². The summed E-state index contributed by atoms with van der Waals surface area (Å²) >= 11 is 0. The van der Waals surface area contributed by atoms with Crippen LogP contribution >= 0.6 is 0 Å². The third-order valence-corrected chi connectivity index (χ3v) is 7.13. The van der Waals surface area contributed by atoms with Crippen molar-refractivity contribution < 1.29 is 22.7 Å². The Kier molecular flexibility index (Phi) is 7.20. The lowest BCUT2D eigenvalue weighted by atomic mass is 10.1. The van der Waals surface area contributed by atoms with Crippen LogP contribution in [0.4, 0.5) is 11.4 Å². The summed E-state index contributed by atoms with van der Waals surface area (Å²) < 4.78 is 31.2. The number of nitrogens with zero attached hydrogens (tertiary/aromatic N) is 2. The molecule has 2 aromatic carbocycles. The number of hydrogen-bond acceptors (Lipinski definition) is 5. The zero-order valence-electron chi connectivity index (χ0n) is 18.8. The van der Waals surface area contributed by atoms with Gasteiger partial charge in [-0.1, -0.05) is 19.8 Å². The molecule has 0 bridgehead atoms. The molecule has 3 rings (SSSR count). The number of nitrogens with one attached hydrogen (secondary N) is 1. The maximum Gasteiger partial charge on any atom is 0.267 e. The van der Waals surface area contributed by atoms with Crippen molar-refractivity contribution in [3.05, 3.63) is 48.0 Å².